The summed E-state index contributed by atoms with van der Waals surface area (Å²) in [5, 5.41) is 0.649. The summed E-state index contributed by atoms with van der Waals surface area (Å²) in [6.07, 6.45) is 0. The Hall–Kier alpha value is -2.64. The molecule has 1 heterocycles. The fourth-order valence-electron chi connectivity index (χ4n) is 3.57. The minimum atomic E-state index is -0.0367. The Labute approximate surface area is 188 Å². The average molecular weight is 442 g/mol. The first kappa shape index (κ1) is 23.0. The standard InChI is InChI=1S/C24H31N3O3S/c1-7-26(8-2)13-14-27(23(28)18-15-16(3)9-10-17(18)4)24-25-21-19(29-5)11-12-20(30-6)22(21)31-24/h9-12,15H,7-8,13-14H2,1-6H3. The number of rotatable bonds is 9. The SMILES string of the molecule is CCN(CC)CCN(C(=O)c1cc(C)ccc1C)c1nc2c(OC)ccc(OC)c2s1. The van der Waals surface area contributed by atoms with Crippen molar-refractivity contribution in [3.8, 4) is 11.5 Å². The zero-order chi connectivity index (χ0) is 22.5. The summed E-state index contributed by atoms with van der Waals surface area (Å²) in [7, 11) is 3.26. The first-order valence-corrected chi connectivity index (χ1v) is 11.4. The molecule has 0 atom stereocenters. The number of benzene rings is 2. The number of thiazole rings is 1. The molecule has 0 fully saturated rings. The summed E-state index contributed by atoms with van der Waals surface area (Å²) in [4.78, 5) is 22.6. The van der Waals surface area contributed by atoms with E-state index in [-0.39, 0.29) is 5.91 Å². The van der Waals surface area contributed by atoms with E-state index in [0.29, 0.717) is 28.5 Å². The van der Waals surface area contributed by atoms with Crippen LogP contribution >= 0.6 is 11.3 Å². The number of fused-ring (bicyclic) bond motifs is 1. The van der Waals surface area contributed by atoms with Crippen molar-refractivity contribution in [1.29, 1.82) is 0 Å². The Morgan fingerprint density at radius 1 is 1.00 bits per heavy atom. The minimum Gasteiger partial charge on any atom is -0.495 e. The van der Waals surface area contributed by atoms with Crippen molar-refractivity contribution in [3.63, 3.8) is 0 Å². The minimum absolute atomic E-state index is 0.0367. The van der Waals surface area contributed by atoms with Gasteiger partial charge in [0.15, 0.2) is 5.13 Å². The highest BCUT2D eigenvalue weighted by atomic mass is 32.1. The molecular formula is C24H31N3O3S. The van der Waals surface area contributed by atoms with Gasteiger partial charge in [0.25, 0.3) is 5.91 Å². The number of hydrogen-bond donors (Lipinski definition) is 0. The van der Waals surface area contributed by atoms with Crippen molar-refractivity contribution in [2.75, 3.05) is 45.3 Å². The van der Waals surface area contributed by atoms with Crippen LogP contribution in [0.2, 0.25) is 0 Å². The molecule has 0 radical (unpaired) electrons. The number of nitrogens with zero attached hydrogens (tertiary/aromatic N) is 3. The fraction of sp³-hybridized carbons (Fsp3) is 0.417. The monoisotopic (exact) mass is 441 g/mol. The van der Waals surface area contributed by atoms with Crippen molar-refractivity contribution in [1.82, 2.24) is 9.88 Å². The first-order valence-electron chi connectivity index (χ1n) is 10.6. The van der Waals surface area contributed by atoms with Crippen molar-refractivity contribution in [2.24, 2.45) is 0 Å². The number of likely N-dealkylation sites (N-methyl/N-ethyl adjacent to an activating group) is 1. The maximum absolute atomic E-state index is 13.7. The number of amides is 1. The summed E-state index contributed by atoms with van der Waals surface area (Å²) < 4.78 is 11.9. The van der Waals surface area contributed by atoms with Crippen LogP contribution in [0, 0.1) is 13.8 Å². The molecule has 0 unspecified atom stereocenters. The van der Waals surface area contributed by atoms with Gasteiger partial charge in [-0.15, -0.1) is 0 Å². The molecule has 0 spiro atoms. The van der Waals surface area contributed by atoms with Gasteiger partial charge in [-0.1, -0.05) is 42.9 Å². The van der Waals surface area contributed by atoms with Gasteiger partial charge in [0.05, 0.1) is 14.2 Å². The lowest BCUT2D eigenvalue weighted by Gasteiger charge is -2.25. The van der Waals surface area contributed by atoms with Gasteiger partial charge in [0.1, 0.15) is 21.7 Å². The quantitative estimate of drug-likeness (QED) is 0.472. The molecular weight excluding hydrogens is 410 g/mol. The maximum atomic E-state index is 13.7. The van der Waals surface area contributed by atoms with Crippen LogP contribution in [-0.4, -0.2) is 56.2 Å². The number of aryl methyl sites for hydroxylation is 2. The highest BCUT2D eigenvalue weighted by molar-refractivity contribution is 7.22. The summed E-state index contributed by atoms with van der Waals surface area (Å²) in [6, 6.07) is 9.69. The molecule has 1 aromatic heterocycles. The van der Waals surface area contributed by atoms with E-state index >= 15 is 0 Å². The molecule has 166 valence electrons. The Morgan fingerprint density at radius 2 is 1.68 bits per heavy atom. The average Bonchev–Trinajstić information content (AvgIpc) is 3.22. The van der Waals surface area contributed by atoms with Gasteiger partial charge in [-0.3, -0.25) is 9.69 Å². The zero-order valence-corrected chi connectivity index (χ0v) is 20.0. The fourth-order valence-corrected chi connectivity index (χ4v) is 4.67. The van der Waals surface area contributed by atoms with E-state index in [0.717, 1.165) is 41.2 Å². The highest BCUT2D eigenvalue weighted by Crippen LogP contribution is 2.40. The van der Waals surface area contributed by atoms with E-state index in [9.17, 15) is 4.79 Å². The third-order valence-corrected chi connectivity index (χ3v) is 6.63. The normalized spacial score (nSPS) is 11.2. The van der Waals surface area contributed by atoms with Crippen molar-refractivity contribution in [3.05, 3.63) is 47.0 Å². The van der Waals surface area contributed by atoms with Crippen LogP contribution in [0.3, 0.4) is 0 Å². The van der Waals surface area contributed by atoms with Crippen LogP contribution in [-0.2, 0) is 0 Å². The number of carbonyl (C=O) groups excluding carboxylic acids is 1. The van der Waals surface area contributed by atoms with E-state index in [4.69, 9.17) is 14.5 Å². The lowest BCUT2D eigenvalue weighted by atomic mass is 10.0. The molecule has 0 aliphatic rings. The van der Waals surface area contributed by atoms with E-state index in [1.165, 1.54) is 11.3 Å². The lowest BCUT2D eigenvalue weighted by Crippen LogP contribution is -2.39. The molecule has 0 saturated carbocycles. The zero-order valence-electron chi connectivity index (χ0n) is 19.2. The number of hydrogen-bond acceptors (Lipinski definition) is 6. The Kier molecular flexibility index (Phi) is 7.51. The number of anilines is 1. The van der Waals surface area contributed by atoms with Crippen LogP contribution in [0.4, 0.5) is 5.13 Å². The molecule has 1 amide bonds. The van der Waals surface area contributed by atoms with Crippen molar-refractivity contribution in [2.45, 2.75) is 27.7 Å². The summed E-state index contributed by atoms with van der Waals surface area (Å²) in [5.41, 5.74) is 3.44. The topological polar surface area (TPSA) is 54.9 Å². The summed E-state index contributed by atoms with van der Waals surface area (Å²) >= 11 is 1.46. The molecule has 0 aliphatic heterocycles. The molecule has 0 bridgehead atoms. The van der Waals surface area contributed by atoms with Gasteiger partial charge in [-0.2, -0.15) is 0 Å². The lowest BCUT2D eigenvalue weighted by molar-refractivity contribution is 0.0983. The predicted molar refractivity (Wildman–Crippen MR) is 128 cm³/mol. The second kappa shape index (κ2) is 10.1. The largest absolute Gasteiger partial charge is 0.495 e. The van der Waals surface area contributed by atoms with Gasteiger partial charge >= 0.3 is 0 Å². The van der Waals surface area contributed by atoms with Gasteiger partial charge in [-0.05, 0) is 50.7 Å². The molecule has 0 N–H and O–H groups in total. The Bertz CT molecular complexity index is 1020. The molecule has 3 rings (SSSR count). The van der Waals surface area contributed by atoms with E-state index < -0.39 is 0 Å². The third kappa shape index (κ3) is 4.83. The second-order valence-electron chi connectivity index (χ2n) is 7.45. The molecule has 7 heteroatoms. The molecule has 2 aromatic carbocycles. The van der Waals surface area contributed by atoms with Crippen LogP contribution in [0.25, 0.3) is 10.2 Å². The number of methoxy groups -OCH3 is 2. The smallest absolute Gasteiger partial charge is 0.260 e. The summed E-state index contributed by atoms with van der Waals surface area (Å²) in [6.45, 7) is 11.4. The van der Waals surface area contributed by atoms with E-state index in [1.54, 1.807) is 19.1 Å². The van der Waals surface area contributed by atoms with Crippen LogP contribution in [0.5, 0.6) is 11.5 Å². The van der Waals surface area contributed by atoms with Crippen LogP contribution in [0.15, 0.2) is 30.3 Å². The van der Waals surface area contributed by atoms with Gasteiger partial charge < -0.3 is 14.4 Å². The van der Waals surface area contributed by atoms with Crippen LogP contribution in [0.1, 0.15) is 35.3 Å². The second-order valence-corrected chi connectivity index (χ2v) is 8.42. The van der Waals surface area contributed by atoms with Gasteiger partial charge in [0.2, 0.25) is 0 Å². The molecule has 0 aliphatic carbocycles. The first-order chi connectivity index (χ1) is 14.9. The van der Waals surface area contributed by atoms with E-state index in [2.05, 4.69) is 18.7 Å². The van der Waals surface area contributed by atoms with Crippen LogP contribution < -0.4 is 14.4 Å². The molecule has 6 nitrogen and oxygen atoms in total. The molecule has 3 aromatic rings. The van der Waals surface area contributed by atoms with E-state index in [1.807, 2.05) is 44.2 Å². The van der Waals surface area contributed by atoms with Crippen molar-refractivity contribution >= 4 is 32.6 Å². The third-order valence-electron chi connectivity index (χ3n) is 5.53. The van der Waals surface area contributed by atoms with Crippen molar-refractivity contribution < 1.29 is 14.3 Å². The predicted octanol–water partition coefficient (Wildman–Crippen LogP) is 4.92. The molecule has 0 saturated heterocycles. The highest BCUT2D eigenvalue weighted by Gasteiger charge is 2.25. The maximum Gasteiger partial charge on any atom is 0.260 e. The number of aromatic nitrogens is 1. The Balaban J connectivity index is 2.09. The summed E-state index contributed by atoms with van der Waals surface area (Å²) in [5.74, 6) is 1.36. The number of ether oxygens (including phenoxy) is 2. The van der Waals surface area contributed by atoms with Gasteiger partial charge in [0, 0.05) is 18.7 Å². The number of carbonyl (C=O) groups is 1. The van der Waals surface area contributed by atoms with Gasteiger partial charge in [-0.25, -0.2) is 4.98 Å². The Morgan fingerprint density at radius 3 is 2.32 bits per heavy atom. The molecule has 31 heavy (non-hydrogen) atoms.